The Labute approximate surface area is 128 Å². The molecule has 2 rings (SSSR count). The molecule has 1 aromatic rings. The molecule has 21 heavy (non-hydrogen) atoms. The van der Waals surface area contributed by atoms with E-state index in [1.54, 1.807) is 7.11 Å². The van der Waals surface area contributed by atoms with Gasteiger partial charge >= 0.3 is 0 Å². The smallest absolute Gasteiger partial charge is 0.131 e. The molecule has 1 aromatic carbocycles. The van der Waals surface area contributed by atoms with E-state index in [4.69, 9.17) is 4.74 Å². The number of ether oxygens (including phenoxy) is 1. The largest absolute Gasteiger partial charge is 0.497 e. The Balaban J connectivity index is 1.90. The quantitative estimate of drug-likeness (QED) is 0.797. The molecule has 0 heterocycles. The van der Waals surface area contributed by atoms with Gasteiger partial charge < -0.3 is 10.1 Å². The second-order valence-corrected chi connectivity index (χ2v) is 6.87. The van der Waals surface area contributed by atoms with Gasteiger partial charge in [-0.05, 0) is 36.7 Å². The van der Waals surface area contributed by atoms with Crippen LogP contribution in [0, 0.1) is 17.2 Å². The van der Waals surface area contributed by atoms with E-state index in [1.165, 1.54) is 38.2 Å². The topological polar surface area (TPSA) is 21.3 Å². The van der Waals surface area contributed by atoms with Crippen molar-refractivity contribution in [3.05, 3.63) is 29.6 Å². The zero-order valence-electron chi connectivity index (χ0n) is 13.5. The van der Waals surface area contributed by atoms with Crippen LogP contribution in [0.2, 0.25) is 0 Å². The van der Waals surface area contributed by atoms with Gasteiger partial charge in [0.1, 0.15) is 11.6 Å². The van der Waals surface area contributed by atoms with E-state index >= 15 is 0 Å². The normalized spacial score (nSPS) is 17.4. The van der Waals surface area contributed by atoms with Crippen molar-refractivity contribution in [2.45, 2.75) is 52.5 Å². The zero-order chi connectivity index (χ0) is 15.3. The molecule has 0 atom stereocenters. The van der Waals surface area contributed by atoms with E-state index in [0.29, 0.717) is 23.3 Å². The average Bonchev–Trinajstić information content (AvgIpc) is 2.88. The van der Waals surface area contributed by atoms with Crippen molar-refractivity contribution in [1.82, 2.24) is 5.32 Å². The lowest BCUT2D eigenvalue weighted by Gasteiger charge is -2.31. The maximum Gasteiger partial charge on any atom is 0.131 e. The summed E-state index contributed by atoms with van der Waals surface area (Å²) in [5.41, 5.74) is 1.14. The molecule has 1 aliphatic carbocycles. The van der Waals surface area contributed by atoms with E-state index in [2.05, 4.69) is 19.2 Å². The monoisotopic (exact) mass is 293 g/mol. The highest BCUT2D eigenvalue weighted by Crippen LogP contribution is 2.42. The van der Waals surface area contributed by atoms with Gasteiger partial charge in [0.25, 0.3) is 0 Å². The Morgan fingerprint density at radius 1 is 1.29 bits per heavy atom. The summed E-state index contributed by atoms with van der Waals surface area (Å²) in [6.45, 7) is 6.18. The lowest BCUT2D eigenvalue weighted by Crippen LogP contribution is -2.33. The lowest BCUT2D eigenvalue weighted by molar-refractivity contribution is 0.223. The van der Waals surface area contributed by atoms with Crippen LogP contribution >= 0.6 is 0 Å². The molecule has 0 saturated heterocycles. The highest BCUT2D eigenvalue weighted by atomic mass is 19.1. The third kappa shape index (κ3) is 4.44. The summed E-state index contributed by atoms with van der Waals surface area (Å²) < 4.78 is 19.0. The molecule has 0 unspecified atom stereocenters. The van der Waals surface area contributed by atoms with Gasteiger partial charge in [-0.3, -0.25) is 0 Å². The van der Waals surface area contributed by atoms with Crippen LogP contribution in [0.4, 0.5) is 4.39 Å². The Morgan fingerprint density at radius 3 is 2.57 bits per heavy atom. The van der Waals surface area contributed by atoms with E-state index < -0.39 is 0 Å². The zero-order valence-corrected chi connectivity index (χ0v) is 13.5. The Hall–Kier alpha value is -1.09. The maximum atomic E-state index is 13.9. The standard InChI is InChI=1S/C18H28FNO/c1-14(2)11-18(8-4-5-9-18)13-20-12-15-6-7-16(21-3)10-17(15)19/h6-7,10,14,20H,4-5,8-9,11-13H2,1-3H3. The summed E-state index contributed by atoms with van der Waals surface area (Å²) in [4.78, 5) is 0. The van der Waals surface area contributed by atoms with Crippen LogP contribution in [0.15, 0.2) is 18.2 Å². The fourth-order valence-electron chi connectivity index (χ4n) is 3.70. The van der Waals surface area contributed by atoms with Gasteiger partial charge in [0.2, 0.25) is 0 Å². The van der Waals surface area contributed by atoms with Gasteiger partial charge in [0, 0.05) is 24.7 Å². The molecule has 0 aromatic heterocycles. The molecule has 0 bridgehead atoms. The van der Waals surface area contributed by atoms with Crippen LogP contribution in [0.1, 0.15) is 51.5 Å². The van der Waals surface area contributed by atoms with E-state index in [0.717, 1.165) is 12.5 Å². The van der Waals surface area contributed by atoms with Gasteiger partial charge in [-0.25, -0.2) is 4.39 Å². The highest BCUT2D eigenvalue weighted by Gasteiger charge is 2.33. The van der Waals surface area contributed by atoms with Crippen molar-refractivity contribution in [2.75, 3.05) is 13.7 Å². The molecule has 1 N–H and O–H groups in total. The number of nitrogens with one attached hydrogen (secondary N) is 1. The number of hydrogen-bond donors (Lipinski definition) is 1. The summed E-state index contributed by atoms with van der Waals surface area (Å²) in [5, 5.41) is 3.49. The molecule has 2 nitrogen and oxygen atoms in total. The van der Waals surface area contributed by atoms with Crippen LogP contribution < -0.4 is 10.1 Å². The van der Waals surface area contributed by atoms with E-state index in [1.807, 2.05) is 12.1 Å². The van der Waals surface area contributed by atoms with Crippen LogP contribution in [-0.2, 0) is 6.54 Å². The first-order valence-corrected chi connectivity index (χ1v) is 8.08. The Morgan fingerprint density at radius 2 is 2.00 bits per heavy atom. The lowest BCUT2D eigenvalue weighted by atomic mass is 9.78. The minimum atomic E-state index is -0.189. The van der Waals surface area contributed by atoms with E-state index in [9.17, 15) is 4.39 Å². The number of halogens is 1. The molecule has 0 aliphatic heterocycles. The maximum absolute atomic E-state index is 13.9. The molecule has 1 fully saturated rings. The molecular weight excluding hydrogens is 265 g/mol. The molecule has 3 heteroatoms. The molecule has 0 spiro atoms. The van der Waals surface area contributed by atoms with Gasteiger partial charge in [-0.15, -0.1) is 0 Å². The average molecular weight is 293 g/mol. The fourth-order valence-corrected chi connectivity index (χ4v) is 3.70. The van der Waals surface area contributed by atoms with Crippen molar-refractivity contribution in [3.8, 4) is 5.75 Å². The second-order valence-electron chi connectivity index (χ2n) is 6.87. The van der Waals surface area contributed by atoms with Crippen molar-refractivity contribution in [1.29, 1.82) is 0 Å². The van der Waals surface area contributed by atoms with Gasteiger partial charge in [-0.1, -0.05) is 32.8 Å². The summed E-state index contributed by atoms with van der Waals surface area (Å²) in [7, 11) is 1.56. The van der Waals surface area contributed by atoms with Gasteiger partial charge in [0.15, 0.2) is 0 Å². The van der Waals surface area contributed by atoms with Crippen LogP contribution in [-0.4, -0.2) is 13.7 Å². The van der Waals surface area contributed by atoms with Crippen molar-refractivity contribution >= 4 is 0 Å². The van der Waals surface area contributed by atoms with Gasteiger partial charge in [0.05, 0.1) is 7.11 Å². The van der Waals surface area contributed by atoms with Crippen molar-refractivity contribution in [3.63, 3.8) is 0 Å². The summed E-state index contributed by atoms with van der Waals surface area (Å²) in [6.07, 6.45) is 6.56. The molecule has 0 radical (unpaired) electrons. The number of benzene rings is 1. The predicted octanol–water partition coefficient (Wildman–Crippen LogP) is 4.53. The first-order chi connectivity index (χ1) is 10.0. The first kappa shape index (κ1) is 16.3. The summed E-state index contributed by atoms with van der Waals surface area (Å²) in [6, 6.07) is 5.08. The minimum Gasteiger partial charge on any atom is -0.497 e. The molecule has 118 valence electrons. The summed E-state index contributed by atoms with van der Waals surface area (Å²) in [5.74, 6) is 1.11. The van der Waals surface area contributed by atoms with Crippen LogP contribution in [0.25, 0.3) is 0 Å². The minimum absolute atomic E-state index is 0.189. The third-order valence-electron chi connectivity index (χ3n) is 4.58. The van der Waals surface area contributed by atoms with Crippen LogP contribution in [0.3, 0.4) is 0 Å². The van der Waals surface area contributed by atoms with E-state index in [-0.39, 0.29) is 5.82 Å². The highest BCUT2D eigenvalue weighted by molar-refractivity contribution is 5.28. The molecule has 0 amide bonds. The molecular formula is C18H28FNO. The number of hydrogen-bond acceptors (Lipinski definition) is 2. The van der Waals surface area contributed by atoms with Crippen molar-refractivity contribution in [2.24, 2.45) is 11.3 Å². The van der Waals surface area contributed by atoms with Crippen LogP contribution in [0.5, 0.6) is 5.75 Å². The third-order valence-corrected chi connectivity index (χ3v) is 4.58. The Kier molecular flexibility index (Phi) is 5.63. The second kappa shape index (κ2) is 7.26. The van der Waals surface area contributed by atoms with Gasteiger partial charge in [-0.2, -0.15) is 0 Å². The van der Waals surface area contributed by atoms with Crippen molar-refractivity contribution < 1.29 is 9.13 Å². The number of rotatable bonds is 7. The first-order valence-electron chi connectivity index (χ1n) is 8.08. The Bertz CT molecular complexity index is 453. The SMILES string of the molecule is COc1ccc(CNCC2(CC(C)C)CCCC2)c(F)c1. The fraction of sp³-hybridized carbons (Fsp3) is 0.667. The molecule has 1 saturated carbocycles. The molecule has 1 aliphatic rings. The summed E-state index contributed by atoms with van der Waals surface area (Å²) >= 11 is 0. The number of methoxy groups -OCH3 is 1. The predicted molar refractivity (Wildman–Crippen MR) is 85.0 cm³/mol.